The summed E-state index contributed by atoms with van der Waals surface area (Å²) in [6.07, 6.45) is 3.59. The van der Waals surface area contributed by atoms with Crippen LogP contribution < -0.4 is 16.8 Å². The molecule has 2 fully saturated rings. The van der Waals surface area contributed by atoms with E-state index in [0.717, 1.165) is 5.57 Å². The molecule has 0 bridgehead atoms. The number of aryl methyl sites for hydroxylation is 1. The molecule has 13 nitrogen and oxygen atoms in total. The van der Waals surface area contributed by atoms with Gasteiger partial charge in [0.2, 0.25) is 0 Å². The van der Waals surface area contributed by atoms with Gasteiger partial charge in [-0.15, -0.1) is 0 Å². The van der Waals surface area contributed by atoms with Crippen molar-refractivity contribution in [1.29, 1.82) is 5.41 Å². The molecule has 44 heavy (non-hydrogen) atoms. The van der Waals surface area contributed by atoms with Crippen molar-refractivity contribution < 1.29 is 33.4 Å². The number of nitrogen functional groups attached to an aromatic ring is 1. The number of esters is 2. The van der Waals surface area contributed by atoms with Crippen LogP contribution in [-0.4, -0.2) is 75.2 Å². The molecule has 1 aromatic rings. The minimum atomic E-state index is -1.25. The number of ether oxygens (including phenoxy) is 3. The average molecular weight is 615 g/mol. The van der Waals surface area contributed by atoms with E-state index in [1.54, 1.807) is 48.5 Å². The fourth-order valence-electron chi connectivity index (χ4n) is 4.76. The zero-order chi connectivity index (χ0) is 33.0. The molecular weight excluding hydrogens is 568 g/mol. The lowest BCUT2D eigenvalue weighted by atomic mass is 9.89. The van der Waals surface area contributed by atoms with E-state index in [1.807, 2.05) is 0 Å². The molecule has 2 aliphatic carbocycles. The van der Waals surface area contributed by atoms with Gasteiger partial charge < -0.3 is 25.3 Å². The first kappa shape index (κ1) is 34.5. The van der Waals surface area contributed by atoms with E-state index in [-0.39, 0.29) is 23.6 Å². The van der Waals surface area contributed by atoms with Gasteiger partial charge in [0.1, 0.15) is 22.7 Å². The normalized spacial score (nSPS) is 18.4. The molecular formula is C31H46N6O7. The Hall–Kier alpha value is -4.00. The van der Waals surface area contributed by atoms with Crippen LogP contribution in [0.4, 0.5) is 4.79 Å². The smallest absolute Gasteiger partial charge is 0.411 e. The summed E-state index contributed by atoms with van der Waals surface area (Å²) in [5.41, 5.74) is 10.7. The number of hydrogen-bond acceptors (Lipinski definition) is 10. The van der Waals surface area contributed by atoms with Gasteiger partial charge in [0, 0.05) is 31.5 Å². The molecule has 6 N–H and O–H groups in total. The Balaban J connectivity index is 1.87. The van der Waals surface area contributed by atoms with Crippen LogP contribution in [0.5, 0.6) is 0 Å². The molecule has 0 aromatic carbocycles. The summed E-state index contributed by atoms with van der Waals surface area (Å²) in [6.45, 7) is 11.9. The van der Waals surface area contributed by atoms with Gasteiger partial charge in [-0.1, -0.05) is 5.57 Å². The highest BCUT2D eigenvalue weighted by atomic mass is 16.6. The Kier molecular flexibility index (Phi) is 10.4. The zero-order valence-electron chi connectivity index (χ0n) is 26.7. The molecule has 1 heterocycles. The van der Waals surface area contributed by atoms with E-state index in [9.17, 15) is 19.2 Å². The van der Waals surface area contributed by atoms with E-state index < -0.39 is 52.9 Å². The number of amides is 2. The molecule has 242 valence electrons. The summed E-state index contributed by atoms with van der Waals surface area (Å²) >= 11 is 0. The number of aromatic nitrogens is 1. The van der Waals surface area contributed by atoms with E-state index in [2.05, 4.69) is 10.3 Å². The highest BCUT2D eigenvalue weighted by molar-refractivity contribution is 5.98. The summed E-state index contributed by atoms with van der Waals surface area (Å²) in [5, 5.41) is 10.3. The Morgan fingerprint density at radius 2 is 1.68 bits per heavy atom. The molecule has 1 aromatic heterocycles. The summed E-state index contributed by atoms with van der Waals surface area (Å²) < 4.78 is 16.7. The molecule has 2 amide bonds. The first-order valence-corrected chi connectivity index (χ1v) is 14.8. The van der Waals surface area contributed by atoms with Crippen molar-refractivity contribution in [2.75, 3.05) is 6.54 Å². The third kappa shape index (κ3) is 10.0. The largest absolute Gasteiger partial charge is 0.457 e. The van der Waals surface area contributed by atoms with Crippen LogP contribution in [0, 0.1) is 12.3 Å². The second-order valence-electron chi connectivity index (χ2n) is 13.4. The maximum Gasteiger partial charge on any atom is 0.411 e. The summed E-state index contributed by atoms with van der Waals surface area (Å²) in [4.78, 5) is 58.4. The van der Waals surface area contributed by atoms with Crippen molar-refractivity contribution in [1.82, 2.24) is 15.2 Å². The van der Waals surface area contributed by atoms with Gasteiger partial charge >= 0.3 is 18.0 Å². The van der Waals surface area contributed by atoms with Gasteiger partial charge in [0.15, 0.2) is 11.8 Å². The van der Waals surface area contributed by atoms with Crippen LogP contribution >= 0.6 is 0 Å². The van der Waals surface area contributed by atoms with Crippen LogP contribution in [0.2, 0.25) is 0 Å². The van der Waals surface area contributed by atoms with Crippen molar-refractivity contribution in [2.24, 2.45) is 11.5 Å². The fourth-order valence-corrected chi connectivity index (χ4v) is 4.76. The van der Waals surface area contributed by atoms with Crippen LogP contribution in [-0.2, 0) is 23.8 Å². The van der Waals surface area contributed by atoms with Crippen LogP contribution in [0.25, 0.3) is 0 Å². The third-order valence-electron chi connectivity index (χ3n) is 7.04. The van der Waals surface area contributed by atoms with Gasteiger partial charge in [-0.2, -0.15) is 0 Å². The lowest BCUT2D eigenvalue weighted by Crippen LogP contribution is -2.58. The van der Waals surface area contributed by atoms with Crippen LogP contribution in [0.3, 0.4) is 0 Å². The standard InChI is InChI=1S/C31H46N6O7/c1-18-21(12-13-22(36-18)25(32)33)26(39)35-17-23(27(40)43-31(34)14-15-31)37(28(41)44-30(5,6)7)20-10-8-19(9-11-20)16-24(38)42-29(2,3)4/h12-13,16,20,23H,8-11,14-15,17,34H2,1-7H3,(H3,32,33)(H,35,39)/t20?,23-/m1/s1. The Labute approximate surface area is 258 Å². The molecule has 0 unspecified atom stereocenters. The van der Waals surface area contributed by atoms with Gasteiger partial charge in [0.25, 0.3) is 5.91 Å². The number of nitrogens with two attached hydrogens (primary N) is 2. The second-order valence-corrected chi connectivity index (χ2v) is 13.4. The van der Waals surface area contributed by atoms with E-state index >= 15 is 0 Å². The van der Waals surface area contributed by atoms with Gasteiger partial charge in [-0.05, 0) is 86.3 Å². The van der Waals surface area contributed by atoms with E-state index in [0.29, 0.717) is 44.2 Å². The highest BCUT2D eigenvalue weighted by Gasteiger charge is 2.47. The Bertz CT molecular complexity index is 1310. The first-order chi connectivity index (χ1) is 20.3. The number of allylic oxidation sites excluding steroid dienone is 1. The number of hydrogen-bond donors (Lipinski definition) is 4. The zero-order valence-corrected chi connectivity index (χ0v) is 26.7. The van der Waals surface area contributed by atoms with Gasteiger partial charge in [-0.25, -0.2) is 19.4 Å². The molecule has 0 radical (unpaired) electrons. The number of nitrogens with zero attached hydrogens (tertiary/aromatic N) is 2. The predicted octanol–water partition coefficient (Wildman–Crippen LogP) is 3.21. The number of amidine groups is 1. The Morgan fingerprint density at radius 1 is 1.09 bits per heavy atom. The lowest BCUT2D eigenvalue weighted by molar-refractivity contribution is -0.158. The van der Waals surface area contributed by atoms with Crippen molar-refractivity contribution in [3.05, 3.63) is 40.7 Å². The molecule has 0 saturated heterocycles. The van der Waals surface area contributed by atoms with Crippen molar-refractivity contribution >= 4 is 29.8 Å². The topological polar surface area (TPSA) is 200 Å². The SMILES string of the molecule is Cc1nc(C(=N)N)ccc1C(=O)NC[C@H](C(=O)OC1(N)CC1)N(C(=O)OC(C)(C)C)C1CCC(=CC(=O)OC(C)(C)C)CC1. The molecule has 0 aliphatic heterocycles. The third-order valence-corrected chi connectivity index (χ3v) is 7.04. The first-order valence-electron chi connectivity index (χ1n) is 14.8. The van der Waals surface area contributed by atoms with Crippen molar-refractivity contribution in [2.45, 2.75) is 116 Å². The molecule has 2 saturated carbocycles. The van der Waals surface area contributed by atoms with Crippen LogP contribution in [0.1, 0.15) is 102 Å². The molecule has 13 heteroatoms. The minimum Gasteiger partial charge on any atom is -0.457 e. The van der Waals surface area contributed by atoms with E-state index in [4.69, 9.17) is 31.1 Å². The quantitative estimate of drug-likeness (QED) is 0.0799. The monoisotopic (exact) mass is 614 g/mol. The molecule has 0 spiro atoms. The average Bonchev–Trinajstić information content (AvgIpc) is 3.60. The predicted molar refractivity (Wildman–Crippen MR) is 163 cm³/mol. The number of pyridine rings is 1. The van der Waals surface area contributed by atoms with Gasteiger partial charge in [0.05, 0.1) is 11.3 Å². The molecule has 1 atom stereocenters. The second kappa shape index (κ2) is 13.3. The number of rotatable bonds is 9. The summed E-state index contributed by atoms with van der Waals surface area (Å²) in [6, 6.07) is 1.24. The number of nitrogens with one attached hydrogen (secondary N) is 2. The maximum atomic E-state index is 13.7. The van der Waals surface area contributed by atoms with Gasteiger partial charge in [-0.3, -0.25) is 20.8 Å². The number of carbonyl (C=O) groups is 4. The Morgan fingerprint density at radius 3 is 2.18 bits per heavy atom. The van der Waals surface area contributed by atoms with E-state index in [1.165, 1.54) is 23.1 Å². The van der Waals surface area contributed by atoms with Crippen molar-refractivity contribution in [3.63, 3.8) is 0 Å². The molecule has 3 rings (SSSR count). The van der Waals surface area contributed by atoms with Crippen LogP contribution in [0.15, 0.2) is 23.8 Å². The summed E-state index contributed by atoms with van der Waals surface area (Å²) in [5.74, 6) is -1.96. The highest BCUT2D eigenvalue weighted by Crippen LogP contribution is 2.35. The minimum absolute atomic E-state index is 0.220. The maximum absolute atomic E-state index is 13.7. The molecule has 2 aliphatic rings. The van der Waals surface area contributed by atoms with Crippen molar-refractivity contribution in [3.8, 4) is 0 Å². The lowest BCUT2D eigenvalue weighted by Gasteiger charge is -2.40. The number of carbonyl (C=O) groups excluding carboxylic acids is 4. The summed E-state index contributed by atoms with van der Waals surface area (Å²) in [7, 11) is 0. The fraction of sp³-hybridized carbons (Fsp3) is 0.613.